The molecule has 11 rings (SSSR count). The standard InChI is InChI=1S/C47H29N3O2/c1-2-12-28(13-3-1)45-48-46(50-47(49-45)39-26-29-14-4-5-15-31(29)33-16-6-7-17-34(33)39)38-21-11-23-41-43(38)37-20-10-19-32(44(37)52-41)30-24-25-36-35-18-8-9-22-40(35)51-42(36)27-30/h1-27,46H,(H,48,49,50). The van der Waals surface area contributed by atoms with Crippen molar-refractivity contribution in [2.75, 3.05) is 0 Å². The van der Waals surface area contributed by atoms with E-state index in [1.807, 2.05) is 42.5 Å². The van der Waals surface area contributed by atoms with Crippen molar-refractivity contribution in [2.24, 2.45) is 9.98 Å². The molecule has 0 radical (unpaired) electrons. The molecule has 1 atom stereocenters. The Balaban J connectivity index is 1.09. The topological polar surface area (TPSA) is 63.0 Å². The monoisotopic (exact) mass is 667 g/mol. The van der Waals surface area contributed by atoms with Crippen LogP contribution in [0.3, 0.4) is 0 Å². The first kappa shape index (κ1) is 28.8. The lowest BCUT2D eigenvalue weighted by molar-refractivity contribution is 0.663. The summed E-state index contributed by atoms with van der Waals surface area (Å²) in [6.07, 6.45) is -0.423. The first-order chi connectivity index (χ1) is 25.8. The van der Waals surface area contributed by atoms with E-state index >= 15 is 0 Å². The molecule has 52 heavy (non-hydrogen) atoms. The minimum absolute atomic E-state index is 0.423. The number of benzene rings is 8. The molecule has 244 valence electrons. The summed E-state index contributed by atoms with van der Waals surface area (Å²) in [5.41, 5.74) is 8.45. The molecule has 1 unspecified atom stereocenters. The van der Waals surface area contributed by atoms with Gasteiger partial charge in [0.25, 0.3) is 0 Å². The van der Waals surface area contributed by atoms with Crippen LogP contribution in [0.1, 0.15) is 22.9 Å². The summed E-state index contributed by atoms with van der Waals surface area (Å²) in [6.45, 7) is 0. The summed E-state index contributed by atoms with van der Waals surface area (Å²) in [7, 11) is 0. The summed E-state index contributed by atoms with van der Waals surface area (Å²) < 4.78 is 13.0. The van der Waals surface area contributed by atoms with Crippen molar-refractivity contribution in [2.45, 2.75) is 6.17 Å². The van der Waals surface area contributed by atoms with Gasteiger partial charge in [0.15, 0.2) is 5.84 Å². The van der Waals surface area contributed by atoms with Crippen LogP contribution in [0.4, 0.5) is 0 Å². The first-order valence-electron chi connectivity index (χ1n) is 17.5. The van der Waals surface area contributed by atoms with Crippen LogP contribution in [0.5, 0.6) is 0 Å². The first-order valence-corrected chi connectivity index (χ1v) is 17.5. The van der Waals surface area contributed by atoms with Crippen LogP contribution in [0.25, 0.3) is 76.5 Å². The van der Waals surface area contributed by atoms with E-state index in [4.69, 9.17) is 18.8 Å². The Kier molecular flexibility index (Phi) is 6.25. The Morgan fingerprint density at radius 1 is 0.462 bits per heavy atom. The van der Waals surface area contributed by atoms with Crippen molar-refractivity contribution in [3.05, 3.63) is 180 Å². The number of hydrogen-bond acceptors (Lipinski definition) is 5. The molecule has 0 saturated heterocycles. The van der Waals surface area contributed by atoms with Crippen LogP contribution < -0.4 is 5.32 Å². The Morgan fingerprint density at radius 2 is 1.17 bits per heavy atom. The van der Waals surface area contributed by atoms with Crippen molar-refractivity contribution in [3.63, 3.8) is 0 Å². The lowest BCUT2D eigenvalue weighted by Crippen LogP contribution is -2.33. The van der Waals surface area contributed by atoms with Crippen LogP contribution in [-0.4, -0.2) is 11.7 Å². The highest BCUT2D eigenvalue weighted by Crippen LogP contribution is 2.41. The predicted molar refractivity (Wildman–Crippen MR) is 213 cm³/mol. The van der Waals surface area contributed by atoms with E-state index in [0.29, 0.717) is 5.84 Å². The second-order valence-electron chi connectivity index (χ2n) is 13.3. The molecule has 0 spiro atoms. The third kappa shape index (κ3) is 4.42. The van der Waals surface area contributed by atoms with Crippen LogP contribution in [-0.2, 0) is 0 Å². The number of furan rings is 2. The van der Waals surface area contributed by atoms with Crippen molar-refractivity contribution in [1.82, 2.24) is 5.32 Å². The fourth-order valence-electron chi connectivity index (χ4n) is 7.94. The smallest absolute Gasteiger partial charge is 0.159 e. The highest BCUT2D eigenvalue weighted by molar-refractivity contribution is 6.22. The largest absolute Gasteiger partial charge is 0.456 e. The lowest BCUT2D eigenvalue weighted by Gasteiger charge is -2.25. The van der Waals surface area contributed by atoms with Crippen molar-refractivity contribution in [1.29, 1.82) is 0 Å². The van der Waals surface area contributed by atoms with Crippen molar-refractivity contribution in [3.8, 4) is 11.1 Å². The Hall–Kier alpha value is -6.98. The zero-order valence-corrected chi connectivity index (χ0v) is 27.9. The molecule has 2 aromatic heterocycles. The average Bonchev–Trinajstić information content (AvgIpc) is 3.79. The third-order valence-corrected chi connectivity index (χ3v) is 10.3. The predicted octanol–water partition coefficient (Wildman–Crippen LogP) is 12.0. The molecule has 0 fully saturated rings. The van der Waals surface area contributed by atoms with E-state index in [-0.39, 0.29) is 0 Å². The SMILES string of the molecule is c1ccc(C2=NC(c3cccc4oc5c(-c6ccc7c(c6)oc6ccccc67)cccc5c34)NC(c3cc4ccccc4c4ccccc34)=N2)cc1. The summed E-state index contributed by atoms with van der Waals surface area (Å²) in [6, 6.07) is 56.8. The summed E-state index contributed by atoms with van der Waals surface area (Å²) in [5, 5.41) is 12.8. The third-order valence-electron chi connectivity index (χ3n) is 10.3. The van der Waals surface area contributed by atoms with Gasteiger partial charge in [0.05, 0.1) is 0 Å². The molecule has 0 saturated carbocycles. The highest BCUT2D eigenvalue weighted by Gasteiger charge is 2.26. The second-order valence-corrected chi connectivity index (χ2v) is 13.3. The maximum atomic E-state index is 6.73. The zero-order chi connectivity index (χ0) is 34.2. The molecule has 8 aromatic carbocycles. The van der Waals surface area contributed by atoms with Gasteiger partial charge in [0, 0.05) is 43.8 Å². The van der Waals surface area contributed by atoms with Gasteiger partial charge >= 0.3 is 0 Å². The number of nitrogens with one attached hydrogen (secondary N) is 1. The fraction of sp³-hybridized carbons (Fsp3) is 0.0213. The van der Waals surface area contributed by atoms with Gasteiger partial charge in [0.2, 0.25) is 0 Å². The summed E-state index contributed by atoms with van der Waals surface area (Å²) in [4.78, 5) is 10.5. The second kappa shape index (κ2) is 11.3. The number of para-hydroxylation sites is 2. The average molecular weight is 668 g/mol. The van der Waals surface area contributed by atoms with Crippen LogP contribution in [0, 0.1) is 0 Å². The molecule has 0 aliphatic carbocycles. The van der Waals surface area contributed by atoms with Gasteiger partial charge in [-0.2, -0.15) is 0 Å². The molecule has 0 bridgehead atoms. The number of nitrogens with zero attached hydrogens (tertiary/aromatic N) is 2. The van der Waals surface area contributed by atoms with E-state index in [1.165, 1.54) is 10.8 Å². The lowest BCUT2D eigenvalue weighted by atomic mass is 9.95. The van der Waals surface area contributed by atoms with Gasteiger partial charge in [-0.05, 0) is 57.4 Å². The van der Waals surface area contributed by atoms with Crippen molar-refractivity contribution >= 4 is 77.1 Å². The van der Waals surface area contributed by atoms with E-state index in [1.54, 1.807) is 0 Å². The minimum Gasteiger partial charge on any atom is -0.456 e. The van der Waals surface area contributed by atoms with Crippen LogP contribution >= 0.6 is 0 Å². The van der Waals surface area contributed by atoms with Gasteiger partial charge in [-0.25, -0.2) is 9.98 Å². The van der Waals surface area contributed by atoms with Crippen LogP contribution in [0.2, 0.25) is 0 Å². The number of hydrogen-bond donors (Lipinski definition) is 1. The fourth-order valence-corrected chi connectivity index (χ4v) is 7.94. The molecule has 0 amide bonds. The molecule has 3 heterocycles. The van der Waals surface area contributed by atoms with Gasteiger partial charge < -0.3 is 14.2 Å². The maximum absolute atomic E-state index is 6.73. The Morgan fingerprint density at radius 3 is 2.08 bits per heavy atom. The van der Waals surface area contributed by atoms with Gasteiger partial charge in [-0.3, -0.25) is 0 Å². The van der Waals surface area contributed by atoms with Crippen LogP contribution in [0.15, 0.2) is 183 Å². The van der Waals surface area contributed by atoms with E-state index in [0.717, 1.165) is 88.3 Å². The molecule has 1 N–H and O–H groups in total. The number of aliphatic imine (C=N–C) groups is 2. The minimum atomic E-state index is -0.423. The number of amidine groups is 2. The molecule has 10 aromatic rings. The molecular weight excluding hydrogens is 639 g/mol. The summed E-state index contributed by atoms with van der Waals surface area (Å²) in [5.74, 6) is 1.46. The molecule has 5 heteroatoms. The quantitative estimate of drug-likeness (QED) is 0.190. The number of fused-ring (bicyclic) bond motifs is 9. The molecule has 1 aliphatic heterocycles. The molecule has 1 aliphatic rings. The number of rotatable bonds is 4. The normalized spacial score (nSPS) is 14.7. The van der Waals surface area contributed by atoms with Gasteiger partial charge in [-0.1, -0.05) is 133 Å². The zero-order valence-electron chi connectivity index (χ0n) is 27.9. The van der Waals surface area contributed by atoms with Gasteiger partial charge in [-0.15, -0.1) is 0 Å². The van der Waals surface area contributed by atoms with Gasteiger partial charge in [0.1, 0.15) is 34.3 Å². The Bertz CT molecular complexity index is 3110. The Labute approximate surface area is 298 Å². The molecular formula is C47H29N3O2. The van der Waals surface area contributed by atoms with E-state index < -0.39 is 6.17 Å². The van der Waals surface area contributed by atoms with Crippen molar-refractivity contribution < 1.29 is 8.83 Å². The molecule has 5 nitrogen and oxygen atoms in total. The van der Waals surface area contributed by atoms with E-state index in [9.17, 15) is 0 Å². The summed E-state index contributed by atoms with van der Waals surface area (Å²) >= 11 is 0. The van der Waals surface area contributed by atoms with E-state index in [2.05, 4.69) is 127 Å². The highest BCUT2D eigenvalue weighted by atomic mass is 16.3. The maximum Gasteiger partial charge on any atom is 0.159 e.